The number of carbonyl (C=O) groups is 1. The molecule has 1 N–H and O–H groups in total. The number of nitrogens with one attached hydrogen (secondary N) is 1. The summed E-state index contributed by atoms with van der Waals surface area (Å²) >= 11 is 0. The van der Waals surface area contributed by atoms with Gasteiger partial charge in [-0.25, -0.2) is 0 Å². The lowest BCUT2D eigenvalue weighted by atomic mass is 9.95. The lowest BCUT2D eigenvalue weighted by Crippen LogP contribution is -2.32. The van der Waals surface area contributed by atoms with Crippen molar-refractivity contribution >= 4 is 17.9 Å². The number of nitrogens with zero attached hydrogens (tertiary/aromatic N) is 2. The Balaban J connectivity index is 1.84. The average Bonchev–Trinajstić information content (AvgIpc) is 2.66. The summed E-state index contributed by atoms with van der Waals surface area (Å²) < 4.78 is 0. The molecule has 0 atom stereocenters. The van der Waals surface area contributed by atoms with Crippen LogP contribution in [0.5, 0.6) is 0 Å². The maximum atomic E-state index is 12.7. The van der Waals surface area contributed by atoms with Gasteiger partial charge in [0.25, 0.3) is 0 Å². The van der Waals surface area contributed by atoms with E-state index in [1.54, 1.807) is 24.3 Å². The van der Waals surface area contributed by atoms with Crippen LogP contribution in [0.4, 0.5) is 0 Å². The Morgan fingerprint density at radius 1 is 0.760 bits per heavy atom. The van der Waals surface area contributed by atoms with E-state index in [1.807, 2.05) is 36.4 Å². The molecule has 0 radical (unpaired) electrons. The van der Waals surface area contributed by atoms with Gasteiger partial charge in [-0.15, -0.1) is 0 Å². The third kappa shape index (κ3) is 3.90. The molecule has 4 nitrogen and oxygen atoms in total. The van der Waals surface area contributed by atoms with Crippen molar-refractivity contribution in [2.24, 2.45) is 0 Å². The fraction of sp³-hybridized carbons (Fsp3) is 0.0952. The topological polar surface area (TPSA) is 76.7 Å². The van der Waals surface area contributed by atoms with E-state index in [9.17, 15) is 4.79 Å². The Kier molecular flexibility index (Phi) is 4.85. The highest BCUT2D eigenvalue weighted by atomic mass is 16.1. The highest BCUT2D eigenvalue weighted by Gasteiger charge is 2.20. The number of piperidine rings is 1. The molecular weight excluding hydrogens is 310 g/mol. The molecule has 1 saturated heterocycles. The van der Waals surface area contributed by atoms with E-state index in [0.29, 0.717) is 35.4 Å². The van der Waals surface area contributed by atoms with Crippen LogP contribution in [-0.4, -0.2) is 18.9 Å². The number of Topliss-reactive ketones (excluding diaryl/α,β-unsaturated/α-hetero) is 1. The van der Waals surface area contributed by atoms with Gasteiger partial charge in [-0.05, 0) is 47.5 Å². The maximum absolute atomic E-state index is 12.7. The van der Waals surface area contributed by atoms with Gasteiger partial charge in [-0.2, -0.15) is 10.5 Å². The van der Waals surface area contributed by atoms with Gasteiger partial charge < -0.3 is 5.32 Å². The van der Waals surface area contributed by atoms with Gasteiger partial charge in [-0.1, -0.05) is 24.3 Å². The average molecular weight is 325 g/mol. The first kappa shape index (κ1) is 16.4. The lowest BCUT2D eigenvalue weighted by Gasteiger charge is -2.18. The van der Waals surface area contributed by atoms with E-state index in [2.05, 4.69) is 17.5 Å². The number of rotatable bonds is 2. The van der Waals surface area contributed by atoms with Crippen LogP contribution < -0.4 is 5.32 Å². The number of carbonyl (C=O) groups excluding carboxylic acids is 1. The minimum atomic E-state index is 0.0208. The molecule has 2 aromatic carbocycles. The van der Waals surface area contributed by atoms with Gasteiger partial charge in [0.1, 0.15) is 0 Å². The summed E-state index contributed by atoms with van der Waals surface area (Å²) in [5, 5.41) is 20.9. The van der Waals surface area contributed by atoms with Crippen molar-refractivity contribution in [2.75, 3.05) is 13.1 Å². The van der Waals surface area contributed by atoms with E-state index in [4.69, 9.17) is 10.5 Å². The third-order valence-corrected chi connectivity index (χ3v) is 3.98. The van der Waals surface area contributed by atoms with E-state index in [-0.39, 0.29) is 5.78 Å². The zero-order valence-electron chi connectivity index (χ0n) is 13.5. The normalized spacial score (nSPS) is 17.3. The Morgan fingerprint density at radius 2 is 1.16 bits per heavy atom. The first-order valence-corrected chi connectivity index (χ1v) is 7.86. The minimum absolute atomic E-state index is 0.0208. The SMILES string of the molecule is N#Cc1ccc(/C=C2\CNC/C(=C\c3ccc(C#N)cc3)C2=O)cc1. The maximum Gasteiger partial charge on any atom is 0.187 e. The van der Waals surface area contributed by atoms with E-state index in [0.717, 1.165) is 11.1 Å². The van der Waals surface area contributed by atoms with Crippen molar-refractivity contribution in [1.29, 1.82) is 10.5 Å². The molecule has 0 aromatic heterocycles. The van der Waals surface area contributed by atoms with Gasteiger partial charge in [0, 0.05) is 24.2 Å². The molecule has 25 heavy (non-hydrogen) atoms. The molecule has 1 heterocycles. The van der Waals surface area contributed by atoms with Crippen LogP contribution in [-0.2, 0) is 4.79 Å². The second-order valence-corrected chi connectivity index (χ2v) is 5.74. The van der Waals surface area contributed by atoms with Crippen LogP contribution in [0.1, 0.15) is 22.3 Å². The van der Waals surface area contributed by atoms with Gasteiger partial charge >= 0.3 is 0 Å². The van der Waals surface area contributed by atoms with Crippen LogP contribution in [0.15, 0.2) is 59.7 Å². The Morgan fingerprint density at radius 3 is 1.52 bits per heavy atom. The van der Waals surface area contributed by atoms with E-state index >= 15 is 0 Å². The molecule has 0 aliphatic carbocycles. The Hall–Kier alpha value is -3.47. The van der Waals surface area contributed by atoms with Crippen LogP contribution in [0, 0.1) is 22.7 Å². The molecule has 0 saturated carbocycles. The molecule has 1 aliphatic heterocycles. The predicted molar refractivity (Wildman–Crippen MR) is 96.1 cm³/mol. The molecule has 1 aliphatic rings. The zero-order chi connectivity index (χ0) is 17.6. The van der Waals surface area contributed by atoms with Crippen molar-refractivity contribution in [3.63, 3.8) is 0 Å². The molecule has 4 heteroatoms. The number of ketones is 1. The highest BCUT2D eigenvalue weighted by molar-refractivity contribution is 6.14. The Labute approximate surface area is 146 Å². The summed E-state index contributed by atoms with van der Waals surface area (Å²) in [7, 11) is 0. The molecule has 0 unspecified atom stereocenters. The van der Waals surface area contributed by atoms with Crippen LogP contribution in [0.3, 0.4) is 0 Å². The van der Waals surface area contributed by atoms with Gasteiger partial charge in [-0.3, -0.25) is 4.79 Å². The van der Waals surface area contributed by atoms with Crippen molar-refractivity contribution in [2.45, 2.75) is 0 Å². The Bertz CT molecular complexity index is 859. The molecule has 0 spiro atoms. The fourth-order valence-electron chi connectivity index (χ4n) is 2.64. The largest absolute Gasteiger partial charge is 0.308 e. The van der Waals surface area contributed by atoms with Crippen molar-refractivity contribution < 1.29 is 4.79 Å². The van der Waals surface area contributed by atoms with Crippen LogP contribution >= 0.6 is 0 Å². The standard InChI is InChI=1S/C21H15N3O/c22-11-17-5-1-15(2-6-17)9-19-13-24-14-20(21(19)25)10-16-3-7-18(12-23)8-4-16/h1-10,24H,13-14H2/b19-9+,20-10+. The van der Waals surface area contributed by atoms with Gasteiger partial charge in [0.05, 0.1) is 23.3 Å². The predicted octanol–water partition coefficient (Wildman–Crippen LogP) is 3.07. The van der Waals surface area contributed by atoms with Crippen LogP contribution in [0.25, 0.3) is 12.2 Å². The number of benzene rings is 2. The van der Waals surface area contributed by atoms with Crippen molar-refractivity contribution in [1.82, 2.24) is 5.32 Å². The van der Waals surface area contributed by atoms with Crippen molar-refractivity contribution in [3.8, 4) is 12.1 Å². The van der Waals surface area contributed by atoms with Crippen molar-refractivity contribution in [3.05, 3.63) is 81.9 Å². The summed E-state index contributed by atoms with van der Waals surface area (Å²) in [6, 6.07) is 18.4. The summed E-state index contributed by atoms with van der Waals surface area (Å²) in [5.41, 5.74) is 4.35. The molecule has 120 valence electrons. The smallest absolute Gasteiger partial charge is 0.187 e. The second kappa shape index (κ2) is 7.40. The zero-order valence-corrected chi connectivity index (χ0v) is 13.5. The molecule has 1 fully saturated rings. The minimum Gasteiger partial charge on any atom is -0.308 e. The quantitative estimate of drug-likeness (QED) is 0.861. The number of hydrogen-bond donors (Lipinski definition) is 1. The summed E-state index contributed by atoms with van der Waals surface area (Å²) in [5.74, 6) is 0.0208. The molecule has 0 bridgehead atoms. The second-order valence-electron chi connectivity index (χ2n) is 5.74. The monoisotopic (exact) mass is 325 g/mol. The molecule has 2 aromatic rings. The molecular formula is C21H15N3O. The molecule has 3 rings (SSSR count). The molecule has 0 amide bonds. The number of nitriles is 2. The van der Waals surface area contributed by atoms with E-state index in [1.165, 1.54) is 0 Å². The van der Waals surface area contributed by atoms with Gasteiger partial charge in [0.2, 0.25) is 0 Å². The lowest BCUT2D eigenvalue weighted by molar-refractivity contribution is -0.112. The van der Waals surface area contributed by atoms with E-state index < -0.39 is 0 Å². The fourth-order valence-corrected chi connectivity index (χ4v) is 2.64. The first-order chi connectivity index (χ1) is 12.2. The summed E-state index contributed by atoms with van der Waals surface area (Å²) in [6.07, 6.45) is 3.70. The summed E-state index contributed by atoms with van der Waals surface area (Å²) in [6.45, 7) is 1.03. The van der Waals surface area contributed by atoms with Gasteiger partial charge in [0.15, 0.2) is 5.78 Å². The first-order valence-electron chi connectivity index (χ1n) is 7.86. The number of hydrogen-bond acceptors (Lipinski definition) is 4. The summed E-state index contributed by atoms with van der Waals surface area (Å²) in [4.78, 5) is 12.7. The highest BCUT2D eigenvalue weighted by Crippen LogP contribution is 2.18. The van der Waals surface area contributed by atoms with Crippen LogP contribution in [0.2, 0.25) is 0 Å². The third-order valence-electron chi connectivity index (χ3n) is 3.98.